The van der Waals surface area contributed by atoms with Crippen molar-refractivity contribution in [1.82, 2.24) is 0 Å². The summed E-state index contributed by atoms with van der Waals surface area (Å²) in [5, 5.41) is 0. The predicted molar refractivity (Wildman–Crippen MR) is 234 cm³/mol. The molecular weight excluding hydrogens is 661 g/mol. The third-order valence-electron chi connectivity index (χ3n) is 11.7. The molecule has 0 fully saturated rings. The minimum atomic E-state index is -0.263. The van der Waals surface area contributed by atoms with Crippen molar-refractivity contribution in [3.8, 4) is 33.4 Å². The van der Waals surface area contributed by atoms with Gasteiger partial charge in [-0.05, 0) is 104 Å². The second-order valence-electron chi connectivity index (χ2n) is 15.4. The van der Waals surface area contributed by atoms with E-state index >= 15 is 0 Å². The molecule has 0 heteroatoms. The number of rotatable bonds is 3. The zero-order chi connectivity index (χ0) is 38.0. The van der Waals surface area contributed by atoms with Gasteiger partial charge in [-0.1, -0.05) is 214 Å². The molecule has 0 N–H and O–H groups in total. The van der Waals surface area contributed by atoms with E-state index in [4.69, 9.17) is 0 Å². The van der Waals surface area contributed by atoms with E-state index in [1.54, 1.807) is 0 Å². The SMILES string of the molecule is Cc1cccc2c1-c1ccccc1C2(C)C.Cc1cccc2c1-c1ccccc1C2(c1ccccc1)c1ccccc1.Cc1ccccc1-c1ccccc1. The number of benzene rings is 8. The smallest absolute Gasteiger partial charge is 0.0622 e. The molecule has 2 aliphatic carbocycles. The van der Waals surface area contributed by atoms with Gasteiger partial charge in [0.15, 0.2) is 0 Å². The fraction of sp³-hybridized carbons (Fsp3) is 0.127. The fourth-order valence-electron chi connectivity index (χ4n) is 9.13. The van der Waals surface area contributed by atoms with E-state index < -0.39 is 0 Å². The number of hydrogen-bond donors (Lipinski definition) is 0. The molecule has 0 bridgehead atoms. The molecule has 0 spiro atoms. The van der Waals surface area contributed by atoms with Crippen molar-refractivity contribution in [1.29, 1.82) is 0 Å². The van der Waals surface area contributed by atoms with Gasteiger partial charge in [0.2, 0.25) is 0 Å². The molecule has 0 heterocycles. The van der Waals surface area contributed by atoms with Crippen LogP contribution >= 0.6 is 0 Å². The summed E-state index contributed by atoms with van der Waals surface area (Å²) < 4.78 is 0. The van der Waals surface area contributed by atoms with Crippen LogP contribution in [0, 0.1) is 20.8 Å². The van der Waals surface area contributed by atoms with Crippen molar-refractivity contribution >= 4 is 0 Å². The molecule has 0 saturated heterocycles. The molecule has 10 rings (SSSR count). The highest BCUT2D eigenvalue weighted by Crippen LogP contribution is 2.56. The molecule has 0 atom stereocenters. The standard InChI is InChI=1S/C26H20.C16H16.C13H12/c1-19-11-10-18-24-25(19)22-16-8-9-17-23(22)26(24,20-12-4-2-5-13-20)21-14-6-3-7-15-21;1-11-7-6-10-14-15(11)12-8-4-5-9-13(12)16(14,2)3;1-11-7-5-6-10-13(11)12-8-3-2-4-9-12/h2-18H,1H3;4-10H,1-3H3;2-10H,1H3. The van der Waals surface area contributed by atoms with Crippen LogP contribution in [-0.4, -0.2) is 0 Å². The molecule has 0 radical (unpaired) electrons. The van der Waals surface area contributed by atoms with E-state index in [0.717, 1.165) is 0 Å². The minimum absolute atomic E-state index is 0.151. The number of fused-ring (bicyclic) bond motifs is 6. The summed E-state index contributed by atoms with van der Waals surface area (Å²) >= 11 is 0. The Hall–Kier alpha value is -6.24. The molecule has 0 saturated carbocycles. The lowest BCUT2D eigenvalue weighted by molar-refractivity contribution is 0.660. The number of hydrogen-bond acceptors (Lipinski definition) is 0. The van der Waals surface area contributed by atoms with Gasteiger partial charge in [-0.25, -0.2) is 0 Å². The molecule has 0 aliphatic heterocycles. The average Bonchev–Trinajstić information content (AvgIpc) is 3.67. The summed E-state index contributed by atoms with van der Waals surface area (Å²) in [5.41, 5.74) is 20.5. The second-order valence-corrected chi connectivity index (χ2v) is 15.4. The average molecular weight is 709 g/mol. The molecule has 0 aromatic heterocycles. The van der Waals surface area contributed by atoms with Crippen LogP contribution < -0.4 is 0 Å². The van der Waals surface area contributed by atoms with Crippen LogP contribution in [0.3, 0.4) is 0 Å². The summed E-state index contributed by atoms with van der Waals surface area (Å²) in [7, 11) is 0. The second kappa shape index (κ2) is 14.9. The van der Waals surface area contributed by atoms with Crippen LogP contribution in [0.5, 0.6) is 0 Å². The molecule has 268 valence electrons. The van der Waals surface area contributed by atoms with Gasteiger partial charge in [-0.15, -0.1) is 0 Å². The van der Waals surface area contributed by atoms with E-state index in [1.807, 2.05) is 6.07 Å². The molecule has 2 aliphatic rings. The molecule has 0 nitrogen and oxygen atoms in total. The van der Waals surface area contributed by atoms with E-state index in [1.165, 1.54) is 83.5 Å². The zero-order valence-electron chi connectivity index (χ0n) is 32.6. The lowest BCUT2D eigenvalue weighted by Gasteiger charge is -2.33. The van der Waals surface area contributed by atoms with E-state index in [9.17, 15) is 0 Å². The first-order valence-corrected chi connectivity index (χ1v) is 19.5. The Morgan fingerprint density at radius 3 is 1.24 bits per heavy atom. The maximum atomic E-state index is 2.32. The Bertz CT molecular complexity index is 2540. The summed E-state index contributed by atoms with van der Waals surface area (Å²) in [6.45, 7) is 11.2. The van der Waals surface area contributed by atoms with E-state index in [0.29, 0.717) is 0 Å². The topological polar surface area (TPSA) is 0 Å². The lowest BCUT2D eigenvalue weighted by atomic mass is 9.67. The molecule has 55 heavy (non-hydrogen) atoms. The maximum Gasteiger partial charge on any atom is 0.0713 e. The van der Waals surface area contributed by atoms with Gasteiger partial charge in [0.25, 0.3) is 0 Å². The Labute approximate surface area is 327 Å². The highest BCUT2D eigenvalue weighted by atomic mass is 14.5. The van der Waals surface area contributed by atoms with Gasteiger partial charge >= 0.3 is 0 Å². The monoisotopic (exact) mass is 708 g/mol. The zero-order valence-corrected chi connectivity index (χ0v) is 32.6. The van der Waals surface area contributed by atoms with Gasteiger partial charge in [-0.3, -0.25) is 0 Å². The molecule has 8 aromatic carbocycles. The Kier molecular flexibility index (Phi) is 9.68. The van der Waals surface area contributed by atoms with Crippen molar-refractivity contribution < 1.29 is 0 Å². The summed E-state index contributed by atoms with van der Waals surface area (Å²) in [5.74, 6) is 0. The van der Waals surface area contributed by atoms with Crippen LogP contribution in [0.1, 0.15) is 63.9 Å². The third kappa shape index (κ3) is 6.22. The molecular formula is C55H48. The van der Waals surface area contributed by atoms with Crippen LogP contribution in [0.4, 0.5) is 0 Å². The van der Waals surface area contributed by atoms with Crippen LogP contribution in [-0.2, 0) is 10.8 Å². The predicted octanol–water partition coefficient (Wildman–Crippen LogP) is 14.3. The maximum absolute atomic E-state index is 2.32. The normalized spacial score (nSPS) is 13.5. The highest BCUT2D eigenvalue weighted by Gasteiger charge is 2.46. The summed E-state index contributed by atoms with van der Waals surface area (Å²) in [4.78, 5) is 0. The first kappa shape index (κ1) is 35.8. The van der Waals surface area contributed by atoms with Gasteiger partial charge in [0.05, 0.1) is 5.41 Å². The van der Waals surface area contributed by atoms with Gasteiger partial charge < -0.3 is 0 Å². The van der Waals surface area contributed by atoms with Gasteiger partial charge in [-0.2, -0.15) is 0 Å². The summed E-state index contributed by atoms with van der Waals surface area (Å²) in [6.07, 6.45) is 0. The van der Waals surface area contributed by atoms with Crippen molar-refractivity contribution in [3.63, 3.8) is 0 Å². The van der Waals surface area contributed by atoms with Crippen molar-refractivity contribution in [2.45, 2.75) is 45.4 Å². The third-order valence-corrected chi connectivity index (χ3v) is 11.7. The van der Waals surface area contributed by atoms with E-state index in [-0.39, 0.29) is 10.8 Å². The lowest BCUT2D eigenvalue weighted by Crippen LogP contribution is -2.28. The van der Waals surface area contributed by atoms with Crippen LogP contribution in [0.15, 0.2) is 200 Å². The van der Waals surface area contributed by atoms with Crippen LogP contribution in [0.2, 0.25) is 0 Å². The van der Waals surface area contributed by atoms with E-state index in [2.05, 4.69) is 229 Å². The Balaban J connectivity index is 0.000000126. The van der Waals surface area contributed by atoms with Gasteiger partial charge in [0.1, 0.15) is 0 Å². The van der Waals surface area contributed by atoms with Gasteiger partial charge in [0, 0.05) is 5.41 Å². The first-order valence-electron chi connectivity index (χ1n) is 19.5. The highest BCUT2D eigenvalue weighted by molar-refractivity contribution is 5.88. The fourth-order valence-corrected chi connectivity index (χ4v) is 9.13. The minimum Gasteiger partial charge on any atom is -0.0622 e. The number of aryl methyl sites for hydroxylation is 3. The van der Waals surface area contributed by atoms with Crippen molar-refractivity contribution in [3.05, 3.63) is 250 Å². The quantitative estimate of drug-likeness (QED) is 0.171. The van der Waals surface area contributed by atoms with Crippen molar-refractivity contribution in [2.75, 3.05) is 0 Å². The largest absolute Gasteiger partial charge is 0.0713 e. The Morgan fingerprint density at radius 1 is 0.291 bits per heavy atom. The molecule has 8 aromatic rings. The molecule has 0 unspecified atom stereocenters. The van der Waals surface area contributed by atoms with Crippen LogP contribution in [0.25, 0.3) is 33.4 Å². The molecule has 0 amide bonds. The first-order chi connectivity index (χ1) is 26.8. The summed E-state index contributed by atoms with van der Waals surface area (Å²) in [6, 6.07) is 71.8. The van der Waals surface area contributed by atoms with Crippen molar-refractivity contribution in [2.24, 2.45) is 0 Å². The Morgan fingerprint density at radius 2 is 0.673 bits per heavy atom.